The Labute approximate surface area is 135 Å². The van der Waals surface area contributed by atoms with Crippen molar-refractivity contribution in [1.82, 2.24) is 0 Å². The third kappa shape index (κ3) is 4.85. The van der Waals surface area contributed by atoms with Gasteiger partial charge in [-0.15, -0.1) is 0 Å². The molecule has 2 rings (SSSR count). The molecule has 7 heteroatoms. The number of nitro benzene ring substituents is 1. The number of hydrogen-bond acceptors (Lipinski definition) is 5. The fourth-order valence-corrected chi connectivity index (χ4v) is 3.61. The molecule has 0 spiro atoms. The number of non-ortho nitro benzene ring substituents is 1. The van der Waals surface area contributed by atoms with E-state index in [0.29, 0.717) is 5.69 Å². The molecule has 0 aliphatic carbocycles. The molecule has 22 heavy (non-hydrogen) atoms. The third-order valence-corrected chi connectivity index (χ3v) is 5.19. The van der Waals surface area contributed by atoms with Crippen LogP contribution in [-0.2, 0) is 0 Å². The summed E-state index contributed by atoms with van der Waals surface area (Å²) in [5.41, 5.74) is 0.722. The Kier molecular flexibility index (Phi) is 5.97. The van der Waals surface area contributed by atoms with Gasteiger partial charge in [-0.3, -0.25) is 10.1 Å². The van der Waals surface area contributed by atoms with E-state index >= 15 is 0 Å². The minimum absolute atomic E-state index is 0.0466. The summed E-state index contributed by atoms with van der Waals surface area (Å²) in [6, 6.07) is 12.4. The summed E-state index contributed by atoms with van der Waals surface area (Å²) in [4.78, 5) is 15.6. The van der Waals surface area contributed by atoms with Crippen molar-refractivity contribution >= 4 is 38.0 Å². The molecule has 0 atom stereocenters. The van der Waals surface area contributed by atoms with E-state index in [2.05, 4.69) is 4.99 Å². The maximum absolute atomic E-state index is 12.8. The fraction of sp³-hybridized carbons (Fsp3) is 0.133. The maximum atomic E-state index is 12.8. The van der Waals surface area contributed by atoms with Crippen LogP contribution in [0.3, 0.4) is 0 Å². The highest BCUT2D eigenvalue weighted by molar-refractivity contribution is 8.82. The molecule has 0 saturated carbocycles. The number of nitrogens with zero attached hydrogens (tertiary/aromatic N) is 2. The van der Waals surface area contributed by atoms with E-state index < -0.39 is 4.92 Å². The van der Waals surface area contributed by atoms with Crippen LogP contribution in [0, 0.1) is 15.9 Å². The lowest BCUT2D eigenvalue weighted by atomic mass is 10.3. The number of hydrogen-bond donors (Lipinski definition) is 0. The minimum atomic E-state index is -0.437. The topological polar surface area (TPSA) is 55.5 Å². The lowest BCUT2D eigenvalue weighted by Gasteiger charge is -2.03. The second kappa shape index (κ2) is 7.95. The van der Waals surface area contributed by atoms with Crippen molar-refractivity contribution in [3.63, 3.8) is 0 Å². The summed E-state index contributed by atoms with van der Waals surface area (Å²) < 4.78 is 12.8. The molecular weight excluding hydrogens is 323 g/mol. The van der Waals surface area contributed by atoms with E-state index in [1.165, 1.54) is 45.9 Å². The second-order valence-electron chi connectivity index (χ2n) is 4.25. The molecule has 2 aromatic rings. The van der Waals surface area contributed by atoms with E-state index in [1.807, 2.05) is 6.92 Å². The first-order valence-corrected chi connectivity index (χ1v) is 8.65. The van der Waals surface area contributed by atoms with E-state index in [1.54, 1.807) is 24.3 Å². The molecule has 0 bridgehead atoms. The van der Waals surface area contributed by atoms with Gasteiger partial charge in [-0.05, 0) is 53.6 Å². The van der Waals surface area contributed by atoms with E-state index in [-0.39, 0.29) is 11.5 Å². The molecule has 0 amide bonds. The Morgan fingerprint density at radius 2 is 1.82 bits per heavy atom. The Morgan fingerprint density at radius 3 is 2.36 bits per heavy atom. The second-order valence-corrected chi connectivity index (χ2v) is 6.53. The number of halogens is 1. The molecule has 2 aromatic carbocycles. The van der Waals surface area contributed by atoms with Crippen molar-refractivity contribution in [1.29, 1.82) is 0 Å². The third-order valence-electron chi connectivity index (χ3n) is 2.66. The molecule has 0 aliphatic rings. The lowest BCUT2D eigenvalue weighted by Crippen LogP contribution is -1.88. The van der Waals surface area contributed by atoms with Crippen LogP contribution >= 0.6 is 21.6 Å². The van der Waals surface area contributed by atoms with E-state index in [4.69, 9.17) is 0 Å². The molecule has 4 nitrogen and oxygen atoms in total. The molecule has 0 fully saturated rings. The molecule has 0 aliphatic heterocycles. The molecule has 0 radical (unpaired) electrons. The molecule has 0 saturated heterocycles. The van der Waals surface area contributed by atoms with Crippen LogP contribution in [-0.4, -0.2) is 9.97 Å². The van der Waals surface area contributed by atoms with Gasteiger partial charge in [-0.1, -0.05) is 17.7 Å². The number of nitro groups is 1. The first kappa shape index (κ1) is 16.5. The van der Waals surface area contributed by atoms with Gasteiger partial charge in [0.2, 0.25) is 0 Å². The first-order valence-electron chi connectivity index (χ1n) is 6.50. The Morgan fingerprint density at radius 1 is 1.18 bits per heavy atom. The highest BCUT2D eigenvalue weighted by Gasteiger charge is 2.05. The van der Waals surface area contributed by atoms with Crippen LogP contribution in [0.25, 0.3) is 0 Å². The molecule has 114 valence electrons. The minimum Gasteiger partial charge on any atom is -0.258 e. The predicted molar refractivity (Wildman–Crippen MR) is 90.3 cm³/mol. The Bertz CT molecular complexity index is 673. The van der Waals surface area contributed by atoms with Crippen molar-refractivity contribution in [2.75, 3.05) is 0 Å². The smallest absolute Gasteiger partial charge is 0.258 e. The quantitative estimate of drug-likeness (QED) is 0.234. The monoisotopic (exact) mass is 336 g/mol. The highest BCUT2D eigenvalue weighted by Crippen LogP contribution is 2.34. The van der Waals surface area contributed by atoms with Crippen LogP contribution in [0.5, 0.6) is 0 Å². The molecule has 0 unspecified atom stereocenters. The zero-order valence-corrected chi connectivity index (χ0v) is 13.4. The van der Waals surface area contributed by atoms with E-state index in [9.17, 15) is 14.5 Å². The van der Waals surface area contributed by atoms with Crippen LogP contribution in [0.15, 0.2) is 58.4 Å². The molecule has 0 N–H and O–H groups in total. The van der Waals surface area contributed by atoms with Gasteiger partial charge in [0.25, 0.3) is 5.69 Å². The van der Waals surface area contributed by atoms with Crippen molar-refractivity contribution in [3.8, 4) is 0 Å². The number of aliphatic imine (C=N–C) groups is 1. The van der Waals surface area contributed by atoms with Crippen molar-refractivity contribution in [2.24, 2.45) is 4.99 Å². The maximum Gasteiger partial charge on any atom is 0.269 e. The van der Waals surface area contributed by atoms with Crippen LogP contribution in [0.4, 0.5) is 15.8 Å². The van der Waals surface area contributed by atoms with Crippen molar-refractivity contribution < 1.29 is 9.31 Å². The molecule has 0 aromatic heterocycles. The standard InChI is InChI=1S/C15H13FN2O2S2/c1-2-15(22-21-14-9-3-11(16)4-10-14)17-12-5-7-13(8-6-12)18(19)20/h3-10H,2H2,1H3. The van der Waals surface area contributed by atoms with Crippen LogP contribution < -0.4 is 0 Å². The van der Waals surface area contributed by atoms with Crippen LogP contribution in [0.2, 0.25) is 0 Å². The van der Waals surface area contributed by atoms with Gasteiger partial charge in [-0.2, -0.15) is 0 Å². The normalized spacial score (nSPS) is 11.5. The number of benzene rings is 2. The van der Waals surface area contributed by atoms with Crippen LogP contribution in [0.1, 0.15) is 13.3 Å². The van der Waals surface area contributed by atoms with Gasteiger partial charge in [-0.25, -0.2) is 9.38 Å². The zero-order valence-electron chi connectivity index (χ0n) is 11.7. The summed E-state index contributed by atoms with van der Waals surface area (Å²) in [5.74, 6) is -0.260. The Hall–Kier alpha value is -1.86. The van der Waals surface area contributed by atoms with E-state index in [0.717, 1.165) is 16.4 Å². The van der Waals surface area contributed by atoms with Gasteiger partial charge in [0.1, 0.15) is 5.82 Å². The SMILES string of the molecule is CCC(=Nc1ccc([N+](=O)[O-])cc1)SSc1ccc(F)cc1. The highest BCUT2D eigenvalue weighted by atomic mass is 33.1. The van der Waals surface area contributed by atoms with Crippen molar-refractivity contribution in [2.45, 2.75) is 18.2 Å². The van der Waals surface area contributed by atoms with Gasteiger partial charge < -0.3 is 0 Å². The molecular formula is C15H13FN2O2S2. The van der Waals surface area contributed by atoms with Crippen molar-refractivity contribution in [3.05, 3.63) is 64.5 Å². The number of rotatable bonds is 5. The Balaban J connectivity index is 2.03. The van der Waals surface area contributed by atoms with Gasteiger partial charge in [0.15, 0.2) is 0 Å². The average molecular weight is 336 g/mol. The van der Waals surface area contributed by atoms with Gasteiger partial charge in [0, 0.05) is 17.0 Å². The van der Waals surface area contributed by atoms with Gasteiger partial charge >= 0.3 is 0 Å². The average Bonchev–Trinajstić information content (AvgIpc) is 2.53. The molecule has 0 heterocycles. The summed E-state index contributed by atoms with van der Waals surface area (Å²) in [6.07, 6.45) is 0.746. The van der Waals surface area contributed by atoms with Gasteiger partial charge in [0.05, 0.1) is 15.7 Å². The predicted octanol–water partition coefficient (Wildman–Crippen LogP) is 5.61. The zero-order chi connectivity index (χ0) is 15.9. The summed E-state index contributed by atoms with van der Waals surface area (Å²) in [6.45, 7) is 1.99. The lowest BCUT2D eigenvalue weighted by molar-refractivity contribution is -0.384. The fourth-order valence-electron chi connectivity index (χ4n) is 1.54. The largest absolute Gasteiger partial charge is 0.269 e. The summed E-state index contributed by atoms with van der Waals surface area (Å²) >= 11 is 0. The first-order chi connectivity index (χ1) is 10.6. The summed E-state index contributed by atoms with van der Waals surface area (Å²) in [5, 5.41) is 11.5. The summed E-state index contributed by atoms with van der Waals surface area (Å²) in [7, 11) is 3.00.